The van der Waals surface area contributed by atoms with Crippen molar-refractivity contribution in [2.45, 2.75) is 31.9 Å². The van der Waals surface area contributed by atoms with Crippen LogP contribution in [0.15, 0.2) is 18.2 Å². The molecule has 0 aliphatic carbocycles. The van der Waals surface area contributed by atoms with Crippen molar-refractivity contribution in [2.24, 2.45) is 0 Å². The maximum absolute atomic E-state index is 13.8. The quantitative estimate of drug-likeness (QED) is 0.897. The Bertz CT molecular complexity index is 397. The molecule has 96 valence electrons. The summed E-state index contributed by atoms with van der Waals surface area (Å²) in [4.78, 5) is 1.91. The van der Waals surface area contributed by atoms with Gasteiger partial charge in [0.2, 0.25) is 0 Å². The molecule has 2 unspecified atom stereocenters. The van der Waals surface area contributed by atoms with Crippen LogP contribution < -0.4 is 0 Å². The van der Waals surface area contributed by atoms with Crippen LogP contribution in [0.1, 0.15) is 31.9 Å². The molecule has 1 aromatic rings. The van der Waals surface area contributed by atoms with Gasteiger partial charge in [-0.1, -0.05) is 24.6 Å². The average molecular weight is 260 g/mol. The van der Waals surface area contributed by atoms with Crippen molar-refractivity contribution < 1.29 is 9.50 Å². The summed E-state index contributed by atoms with van der Waals surface area (Å²) in [6.07, 6.45) is -0.178. The van der Waals surface area contributed by atoms with Crippen LogP contribution in [-0.2, 0) is 0 Å². The van der Waals surface area contributed by atoms with E-state index in [4.69, 9.17) is 11.6 Å². The Kier molecular flexibility index (Phi) is 4.53. The lowest BCUT2D eigenvalue weighted by Gasteiger charge is -2.40. The molecule has 0 saturated carbocycles. The Morgan fingerprint density at radius 2 is 2.06 bits per heavy atom. The molecule has 1 aromatic carbocycles. The summed E-state index contributed by atoms with van der Waals surface area (Å²) in [5.41, 5.74) is -0.221. The van der Waals surface area contributed by atoms with Crippen molar-refractivity contribution >= 4 is 11.6 Å². The number of hydrogen-bond acceptors (Lipinski definition) is 2. The number of aliphatic hydroxyl groups is 1. The Balaban J connectivity index is 3.14. The van der Waals surface area contributed by atoms with Crippen molar-refractivity contribution in [1.29, 1.82) is 0 Å². The molecule has 0 aliphatic heterocycles. The third kappa shape index (κ3) is 2.79. The van der Waals surface area contributed by atoms with Crippen molar-refractivity contribution in [2.75, 3.05) is 14.1 Å². The molecule has 0 bridgehead atoms. The van der Waals surface area contributed by atoms with E-state index in [0.717, 1.165) is 0 Å². The zero-order valence-corrected chi connectivity index (χ0v) is 11.4. The lowest BCUT2D eigenvalue weighted by atomic mass is 9.85. The standard InChI is InChI=1S/C13H19ClFNO/c1-5-13(2,16(3)4)12(17)10-7-6-9(14)8-11(10)15/h6-8,12,17H,5H2,1-4H3. The molecule has 0 aromatic heterocycles. The van der Waals surface area contributed by atoms with E-state index in [9.17, 15) is 9.50 Å². The fourth-order valence-electron chi connectivity index (χ4n) is 1.81. The third-order valence-electron chi connectivity index (χ3n) is 3.58. The number of halogens is 2. The fraction of sp³-hybridized carbons (Fsp3) is 0.538. The van der Waals surface area contributed by atoms with E-state index in [1.54, 1.807) is 12.1 Å². The minimum Gasteiger partial charge on any atom is -0.386 e. The summed E-state index contributed by atoms with van der Waals surface area (Å²) in [6, 6.07) is 4.36. The highest BCUT2D eigenvalue weighted by molar-refractivity contribution is 6.30. The fourth-order valence-corrected chi connectivity index (χ4v) is 1.97. The summed E-state index contributed by atoms with van der Waals surface area (Å²) < 4.78 is 13.8. The SMILES string of the molecule is CCC(C)(C(O)c1ccc(Cl)cc1F)N(C)C. The Morgan fingerprint density at radius 3 is 2.47 bits per heavy atom. The largest absolute Gasteiger partial charge is 0.386 e. The van der Waals surface area contributed by atoms with E-state index in [2.05, 4.69) is 0 Å². The number of hydrogen-bond donors (Lipinski definition) is 1. The Morgan fingerprint density at radius 1 is 1.47 bits per heavy atom. The van der Waals surface area contributed by atoms with Gasteiger partial charge < -0.3 is 10.0 Å². The van der Waals surface area contributed by atoms with Gasteiger partial charge in [-0.25, -0.2) is 4.39 Å². The van der Waals surface area contributed by atoms with Crippen molar-refractivity contribution in [3.8, 4) is 0 Å². The van der Waals surface area contributed by atoms with Crippen LogP contribution in [0.25, 0.3) is 0 Å². The van der Waals surface area contributed by atoms with Gasteiger partial charge in [-0.15, -0.1) is 0 Å². The smallest absolute Gasteiger partial charge is 0.130 e. The van der Waals surface area contributed by atoms with Gasteiger partial charge in [-0.2, -0.15) is 0 Å². The molecule has 0 saturated heterocycles. The summed E-state index contributed by atoms with van der Waals surface area (Å²) >= 11 is 5.70. The molecular weight excluding hydrogens is 241 g/mol. The van der Waals surface area contributed by atoms with Crippen LogP contribution in [0.2, 0.25) is 5.02 Å². The Labute approximate surface area is 107 Å². The van der Waals surface area contributed by atoms with E-state index in [1.807, 2.05) is 32.8 Å². The maximum Gasteiger partial charge on any atom is 0.130 e. The van der Waals surface area contributed by atoms with Crippen LogP contribution in [0.4, 0.5) is 4.39 Å². The topological polar surface area (TPSA) is 23.5 Å². The van der Waals surface area contributed by atoms with Gasteiger partial charge in [0.25, 0.3) is 0 Å². The van der Waals surface area contributed by atoms with E-state index in [0.29, 0.717) is 11.4 Å². The van der Waals surface area contributed by atoms with Gasteiger partial charge in [-0.3, -0.25) is 0 Å². The number of likely N-dealkylation sites (N-methyl/N-ethyl adjacent to an activating group) is 1. The lowest BCUT2D eigenvalue weighted by Crippen LogP contribution is -2.46. The molecule has 4 heteroatoms. The number of benzene rings is 1. The monoisotopic (exact) mass is 259 g/mol. The van der Waals surface area contributed by atoms with E-state index < -0.39 is 17.5 Å². The van der Waals surface area contributed by atoms with Crippen LogP contribution >= 0.6 is 11.6 Å². The first-order valence-corrected chi connectivity index (χ1v) is 6.01. The first kappa shape index (κ1) is 14.4. The minimum absolute atomic E-state index is 0.285. The molecule has 0 radical (unpaired) electrons. The summed E-state index contributed by atoms with van der Waals surface area (Å²) in [5.74, 6) is -0.466. The van der Waals surface area contributed by atoms with Crippen molar-refractivity contribution in [1.82, 2.24) is 4.90 Å². The highest BCUT2D eigenvalue weighted by Gasteiger charge is 2.35. The molecular formula is C13H19ClFNO. The summed E-state index contributed by atoms with van der Waals surface area (Å²) in [6.45, 7) is 3.88. The second-order valence-corrected chi connectivity index (χ2v) is 5.11. The van der Waals surface area contributed by atoms with Crippen LogP contribution in [0.3, 0.4) is 0 Å². The van der Waals surface area contributed by atoms with E-state index >= 15 is 0 Å². The molecule has 17 heavy (non-hydrogen) atoms. The van der Waals surface area contributed by atoms with Crippen LogP contribution in [-0.4, -0.2) is 29.6 Å². The zero-order valence-electron chi connectivity index (χ0n) is 10.7. The Hall–Kier alpha value is -0.640. The summed E-state index contributed by atoms with van der Waals surface area (Å²) in [5, 5.41) is 10.7. The molecule has 1 rings (SSSR count). The van der Waals surface area contributed by atoms with Crippen LogP contribution in [0, 0.1) is 5.82 Å². The van der Waals surface area contributed by atoms with Gasteiger partial charge in [0.1, 0.15) is 5.82 Å². The molecule has 2 atom stereocenters. The lowest BCUT2D eigenvalue weighted by molar-refractivity contribution is -0.00116. The third-order valence-corrected chi connectivity index (χ3v) is 3.82. The predicted molar refractivity (Wildman–Crippen MR) is 68.8 cm³/mol. The second-order valence-electron chi connectivity index (χ2n) is 4.67. The summed E-state index contributed by atoms with van der Waals surface area (Å²) in [7, 11) is 3.75. The van der Waals surface area contributed by atoms with E-state index in [-0.39, 0.29) is 5.56 Å². The molecule has 0 amide bonds. The van der Waals surface area contributed by atoms with Crippen molar-refractivity contribution in [3.63, 3.8) is 0 Å². The first-order valence-electron chi connectivity index (χ1n) is 5.63. The molecule has 0 fully saturated rings. The molecule has 0 spiro atoms. The highest BCUT2D eigenvalue weighted by atomic mass is 35.5. The number of aliphatic hydroxyl groups excluding tert-OH is 1. The van der Waals surface area contributed by atoms with Gasteiger partial charge in [0.05, 0.1) is 6.10 Å². The van der Waals surface area contributed by atoms with Gasteiger partial charge >= 0.3 is 0 Å². The molecule has 0 aliphatic rings. The van der Waals surface area contributed by atoms with Gasteiger partial charge in [0, 0.05) is 16.1 Å². The molecule has 1 N–H and O–H groups in total. The molecule has 0 heterocycles. The highest BCUT2D eigenvalue weighted by Crippen LogP contribution is 2.34. The van der Waals surface area contributed by atoms with Crippen LogP contribution in [0.5, 0.6) is 0 Å². The van der Waals surface area contributed by atoms with Crippen molar-refractivity contribution in [3.05, 3.63) is 34.6 Å². The second kappa shape index (κ2) is 5.34. The molecule has 2 nitrogen and oxygen atoms in total. The number of nitrogens with zero attached hydrogens (tertiary/aromatic N) is 1. The predicted octanol–water partition coefficient (Wildman–Crippen LogP) is 3.24. The first-order chi connectivity index (χ1) is 7.82. The van der Waals surface area contributed by atoms with Gasteiger partial charge in [-0.05, 0) is 39.6 Å². The normalized spacial score (nSPS) is 16.9. The average Bonchev–Trinajstić information content (AvgIpc) is 2.26. The maximum atomic E-state index is 13.8. The zero-order chi connectivity index (χ0) is 13.2. The van der Waals surface area contributed by atoms with Gasteiger partial charge in [0.15, 0.2) is 0 Å². The minimum atomic E-state index is -0.889. The number of rotatable bonds is 4. The van der Waals surface area contributed by atoms with E-state index in [1.165, 1.54) is 6.07 Å².